The van der Waals surface area contributed by atoms with E-state index in [0.717, 1.165) is 0 Å². The molecule has 0 radical (unpaired) electrons. The van der Waals surface area contributed by atoms with E-state index in [9.17, 15) is 4.39 Å². The molecule has 0 fully saturated rings. The summed E-state index contributed by atoms with van der Waals surface area (Å²) in [5.41, 5.74) is 0.329. The van der Waals surface area contributed by atoms with Crippen molar-refractivity contribution in [3.63, 3.8) is 0 Å². The number of rotatable bonds is 3. The SMILES string of the molecule is N#Cc1ccc(-c2nc(Cc3c(F)cccc3Cl)no2)s1. The fraction of sp³-hybridized carbons (Fsp3) is 0.0714. The fourth-order valence-corrected chi connectivity index (χ4v) is 2.75. The lowest BCUT2D eigenvalue weighted by Crippen LogP contribution is -1.95. The molecule has 0 aliphatic carbocycles. The van der Waals surface area contributed by atoms with Crippen molar-refractivity contribution in [2.75, 3.05) is 0 Å². The Morgan fingerprint density at radius 2 is 2.19 bits per heavy atom. The lowest BCUT2D eigenvalue weighted by Gasteiger charge is -2.01. The number of aromatic nitrogens is 2. The second-order valence-corrected chi connectivity index (χ2v) is 5.66. The van der Waals surface area contributed by atoms with Crippen molar-refractivity contribution in [1.82, 2.24) is 10.1 Å². The van der Waals surface area contributed by atoms with Gasteiger partial charge in [-0.05, 0) is 24.3 Å². The summed E-state index contributed by atoms with van der Waals surface area (Å²) < 4.78 is 18.8. The summed E-state index contributed by atoms with van der Waals surface area (Å²) in [5, 5.41) is 12.9. The van der Waals surface area contributed by atoms with Crippen molar-refractivity contribution in [1.29, 1.82) is 5.26 Å². The molecule has 0 aliphatic heterocycles. The second-order valence-electron chi connectivity index (χ2n) is 4.17. The molecule has 21 heavy (non-hydrogen) atoms. The van der Waals surface area contributed by atoms with Crippen LogP contribution in [-0.4, -0.2) is 10.1 Å². The number of nitriles is 1. The van der Waals surface area contributed by atoms with Gasteiger partial charge in [-0.3, -0.25) is 0 Å². The number of benzene rings is 1. The fourth-order valence-electron chi connectivity index (χ4n) is 1.80. The first-order valence-electron chi connectivity index (χ1n) is 5.93. The van der Waals surface area contributed by atoms with Crippen LogP contribution in [0.2, 0.25) is 5.02 Å². The molecule has 0 bridgehead atoms. The second kappa shape index (κ2) is 5.64. The van der Waals surface area contributed by atoms with Gasteiger partial charge in [-0.2, -0.15) is 10.2 Å². The van der Waals surface area contributed by atoms with E-state index in [4.69, 9.17) is 21.4 Å². The van der Waals surface area contributed by atoms with Crippen molar-refractivity contribution in [3.8, 4) is 16.8 Å². The number of hydrogen-bond donors (Lipinski definition) is 0. The third kappa shape index (κ3) is 2.79. The number of nitrogens with zero attached hydrogens (tertiary/aromatic N) is 3. The van der Waals surface area contributed by atoms with Crippen LogP contribution in [-0.2, 0) is 6.42 Å². The predicted molar refractivity (Wildman–Crippen MR) is 76.5 cm³/mol. The molecule has 0 N–H and O–H groups in total. The molecule has 0 amide bonds. The predicted octanol–water partition coefficient (Wildman–Crippen LogP) is 4.05. The smallest absolute Gasteiger partial charge is 0.268 e. The Balaban J connectivity index is 1.87. The number of hydrogen-bond acceptors (Lipinski definition) is 5. The number of halogens is 2. The molecule has 3 rings (SSSR count). The Morgan fingerprint density at radius 3 is 2.90 bits per heavy atom. The van der Waals surface area contributed by atoms with E-state index >= 15 is 0 Å². The summed E-state index contributed by atoms with van der Waals surface area (Å²) in [6.45, 7) is 0. The molecule has 3 aromatic rings. The summed E-state index contributed by atoms with van der Waals surface area (Å²) in [7, 11) is 0. The van der Waals surface area contributed by atoms with E-state index in [1.165, 1.54) is 23.5 Å². The largest absolute Gasteiger partial charge is 0.333 e. The molecule has 0 spiro atoms. The molecular weight excluding hydrogens is 313 g/mol. The topological polar surface area (TPSA) is 62.7 Å². The van der Waals surface area contributed by atoms with Gasteiger partial charge < -0.3 is 4.52 Å². The van der Waals surface area contributed by atoms with Gasteiger partial charge in [-0.15, -0.1) is 11.3 Å². The minimum absolute atomic E-state index is 0.144. The molecular formula is C14H7ClFN3OS. The third-order valence-electron chi connectivity index (χ3n) is 2.79. The summed E-state index contributed by atoms with van der Waals surface area (Å²) in [5.74, 6) is 0.240. The van der Waals surface area contributed by atoms with Crippen LogP contribution in [0.1, 0.15) is 16.3 Å². The van der Waals surface area contributed by atoms with E-state index in [1.54, 1.807) is 18.2 Å². The Morgan fingerprint density at radius 1 is 1.33 bits per heavy atom. The van der Waals surface area contributed by atoms with Crippen LogP contribution in [0.5, 0.6) is 0 Å². The van der Waals surface area contributed by atoms with E-state index in [0.29, 0.717) is 32.1 Å². The molecule has 1 aromatic carbocycles. The summed E-state index contributed by atoms with van der Waals surface area (Å²) in [6.07, 6.45) is 0.144. The molecule has 0 unspecified atom stereocenters. The van der Waals surface area contributed by atoms with Gasteiger partial charge in [0, 0.05) is 17.0 Å². The van der Waals surface area contributed by atoms with E-state index in [1.807, 2.05) is 6.07 Å². The highest BCUT2D eigenvalue weighted by molar-refractivity contribution is 7.15. The molecule has 7 heteroatoms. The average molecular weight is 320 g/mol. The Kier molecular flexibility index (Phi) is 3.69. The molecule has 0 atom stereocenters. The standard InChI is InChI=1S/C14H7ClFN3OS/c15-10-2-1-3-11(16)9(10)6-13-18-14(20-19-13)12-5-4-8(7-17)21-12/h1-5H,6H2. The normalized spacial score (nSPS) is 10.5. The van der Waals surface area contributed by atoms with Crippen molar-refractivity contribution >= 4 is 22.9 Å². The van der Waals surface area contributed by atoms with Crippen LogP contribution in [0, 0.1) is 17.1 Å². The van der Waals surface area contributed by atoms with Gasteiger partial charge in [0.15, 0.2) is 5.82 Å². The van der Waals surface area contributed by atoms with Crippen LogP contribution in [0.3, 0.4) is 0 Å². The van der Waals surface area contributed by atoms with Crippen LogP contribution >= 0.6 is 22.9 Å². The minimum atomic E-state index is -0.406. The van der Waals surface area contributed by atoms with Gasteiger partial charge >= 0.3 is 0 Å². The zero-order valence-corrected chi connectivity index (χ0v) is 12.1. The molecule has 0 saturated heterocycles. The van der Waals surface area contributed by atoms with Crippen molar-refractivity contribution in [2.45, 2.75) is 6.42 Å². The van der Waals surface area contributed by atoms with Gasteiger partial charge in [-0.25, -0.2) is 4.39 Å². The molecule has 104 valence electrons. The van der Waals surface area contributed by atoms with Gasteiger partial charge in [0.25, 0.3) is 5.89 Å². The maximum absolute atomic E-state index is 13.7. The summed E-state index contributed by atoms with van der Waals surface area (Å²) in [6, 6.07) is 9.94. The molecule has 2 aromatic heterocycles. The first-order valence-corrected chi connectivity index (χ1v) is 7.12. The highest BCUT2D eigenvalue weighted by Gasteiger charge is 2.15. The van der Waals surface area contributed by atoms with Crippen molar-refractivity contribution < 1.29 is 8.91 Å². The van der Waals surface area contributed by atoms with Gasteiger partial charge in [0.2, 0.25) is 0 Å². The molecule has 0 aliphatic rings. The van der Waals surface area contributed by atoms with Crippen molar-refractivity contribution in [3.05, 3.63) is 57.4 Å². The highest BCUT2D eigenvalue weighted by Crippen LogP contribution is 2.27. The van der Waals surface area contributed by atoms with E-state index in [-0.39, 0.29) is 6.42 Å². The maximum atomic E-state index is 13.7. The lowest BCUT2D eigenvalue weighted by molar-refractivity contribution is 0.424. The summed E-state index contributed by atoms with van der Waals surface area (Å²) in [4.78, 5) is 5.46. The Labute approximate surface area is 128 Å². The van der Waals surface area contributed by atoms with E-state index < -0.39 is 5.82 Å². The van der Waals surface area contributed by atoms with Crippen LogP contribution in [0.25, 0.3) is 10.8 Å². The highest BCUT2D eigenvalue weighted by atomic mass is 35.5. The van der Waals surface area contributed by atoms with Crippen LogP contribution in [0.15, 0.2) is 34.9 Å². The maximum Gasteiger partial charge on any atom is 0.268 e. The lowest BCUT2D eigenvalue weighted by atomic mass is 10.1. The Bertz CT molecular complexity index is 817. The molecule has 0 saturated carbocycles. The number of thiophene rings is 1. The average Bonchev–Trinajstić information content (AvgIpc) is 3.11. The molecule has 2 heterocycles. The van der Waals surface area contributed by atoms with Crippen LogP contribution < -0.4 is 0 Å². The minimum Gasteiger partial charge on any atom is -0.333 e. The van der Waals surface area contributed by atoms with Crippen LogP contribution in [0.4, 0.5) is 4.39 Å². The van der Waals surface area contributed by atoms with Gasteiger partial charge in [0.1, 0.15) is 16.8 Å². The Hall–Kier alpha value is -2.23. The zero-order chi connectivity index (χ0) is 14.8. The van der Waals surface area contributed by atoms with Gasteiger partial charge in [-0.1, -0.05) is 22.8 Å². The monoisotopic (exact) mass is 319 g/mol. The molecule has 4 nitrogen and oxygen atoms in total. The quantitative estimate of drug-likeness (QED) is 0.730. The zero-order valence-electron chi connectivity index (χ0n) is 10.5. The van der Waals surface area contributed by atoms with E-state index in [2.05, 4.69) is 10.1 Å². The third-order valence-corrected chi connectivity index (χ3v) is 4.12. The first-order chi connectivity index (χ1) is 10.2. The first kappa shape index (κ1) is 13.7. The summed E-state index contributed by atoms with van der Waals surface area (Å²) >= 11 is 7.22. The van der Waals surface area contributed by atoms with Gasteiger partial charge in [0.05, 0.1) is 4.88 Å². The van der Waals surface area contributed by atoms with Crippen molar-refractivity contribution in [2.24, 2.45) is 0 Å².